The fourth-order valence-corrected chi connectivity index (χ4v) is 2.58. The SMILES string of the molecule is O=C(NN1CCCCC1)c1cc(Cl)c2c(c1)OCO2. The van der Waals surface area contributed by atoms with Crippen LogP contribution in [0.4, 0.5) is 0 Å². The summed E-state index contributed by atoms with van der Waals surface area (Å²) in [5.41, 5.74) is 3.38. The highest BCUT2D eigenvalue weighted by molar-refractivity contribution is 6.32. The minimum Gasteiger partial charge on any atom is -0.454 e. The van der Waals surface area contributed by atoms with Gasteiger partial charge in [0.1, 0.15) is 0 Å². The summed E-state index contributed by atoms with van der Waals surface area (Å²) in [7, 11) is 0. The summed E-state index contributed by atoms with van der Waals surface area (Å²) in [6.07, 6.45) is 3.45. The molecule has 2 heterocycles. The minimum atomic E-state index is -0.165. The zero-order valence-electron chi connectivity index (χ0n) is 10.4. The molecule has 0 radical (unpaired) electrons. The van der Waals surface area contributed by atoms with Crippen molar-refractivity contribution in [3.63, 3.8) is 0 Å². The quantitative estimate of drug-likeness (QED) is 0.903. The van der Waals surface area contributed by atoms with E-state index in [9.17, 15) is 4.79 Å². The summed E-state index contributed by atoms with van der Waals surface area (Å²) < 4.78 is 10.5. The standard InChI is InChI=1S/C13H15ClN2O3/c14-10-6-9(7-11-12(10)19-8-18-11)13(17)15-16-4-2-1-3-5-16/h6-7H,1-5,8H2,(H,15,17). The van der Waals surface area contributed by atoms with Crippen molar-refractivity contribution in [1.29, 1.82) is 0 Å². The maximum absolute atomic E-state index is 12.2. The predicted octanol–water partition coefficient (Wildman–Crippen LogP) is 2.20. The zero-order valence-corrected chi connectivity index (χ0v) is 11.2. The molecule has 0 aliphatic carbocycles. The van der Waals surface area contributed by atoms with E-state index in [0.29, 0.717) is 22.1 Å². The molecule has 1 N–H and O–H groups in total. The largest absolute Gasteiger partial charge is 0.454 e. The summed E-state index contributed by atoms with van der Waals surface area (Å²) in [4.78, 5) is 12.2. The molecule has 1 amide bonds. The van der Waals surface area contributed by atoms with Crippen LogP contribution >= 0.6 is 11.6 Å². The average Bonchev–Trinajstić information content (AvgIpc) is 2.88. The third kappa shape index (κ3) is 2.62. The zero-order chi connectivity index (χ0) is 13.2. The topological polar surface area (TPSA) is 50.8 Å². The van der Waals surface area contributed by atoms with Gasteiger partial charge in [0.15, 0.2) is 11.5 Å². The Bertz CT molecular complexity index is 501. The third-order valence-electron chi connectivity index (χ3n) is 3.31. The van der Waals surface area contributed by atoms with Crippen molar-refractivity contribution in [2.45, 2.75) is 19.3 Å². The number of rotatable bonds is 2. The van der Waals surface area contributed by atoms with Gasteiger partial charge in [-0.25, -0.2) is 5.01 Å². The Morgan fingerprint density at radius 2 is 2.00 bits per heavy atom. The van der Waals surface area contributed by atoms with Gasteiger partial charge in [-0.2, -0.15) is 0 Å². The van der Waals surface area contributed by atoms with Crippen LogP contribution in [0.3, 0.4) is 0 Å². The Kier molecular flexibility index (Phi) is 3.48. The maximum Gasteiger partial charge on any atom is 0.265 e. The van der Waals surface area contributed by atoms with Crippen LogP contribution in [0.1, 0.15) is 29.6 Å². The number of nitrogens with zero attached hydrogens (tertiary/aromatic N) is 1. The Morgan fingerprint density at radius 1 is 1.21 bits per heavy atom. The summed E-state index contributed by atoms with van der Waals surface area (Å²) in [5, 5.41) is 2.35. The molecule has 19 heavy (non-hydrogen) atoms. The number of piperidine rings is 1. The number of amides is 1. The summed E-state index contributed by atoms with van der Waals surface area (Å²) in [6, 6.07) is 3.27. The molecule has 1 fully saturated rings. The lowest BCUT2D eigenvalue weighted by Crippen LogP contribution is -2.45. The molecular formula is C13H15ClN2O3. The van der Waals surface area contributed by atoms with Crippen molar-refractivity contribution in [2.24, 2.45) is 0 Å². The second-order valence-corrected chi connectivity index (χ2v) is 5.09. The lowest BCUT2D eigenvalue weighted by molar-refractivity contribution is 0.0749. The molecule has 5 nitrogen and oxygen atoms in total. The van der Waals surface area contributed by atoms with Gasteiger partial charge in [-0.1, -0.05) is 18.0 Å². The Morgan fingerprint density at radius 3 is 2.79 bits per heavy atom. The number of carbonyl (C=O) groups excluding carboxylic acids is 1. The Balaban J connectivity index is 1.74. The normalized spacial score (nSPS) is 18.4. The molecule has 6 heteroatoms. The Hall–Kier alpha value is -1.46. The first-order valence-corrected chi connectivity index (χ1v) is 6.77. The van der Waals surface area contributed by atoms with E-state index in [-0.39, 0.29) is 12.7 Å². The number of ether oxygens (including phenoxy) is 2. The first kappa shape index (κ1) is 12.6. The van der Waals surface area contributed by atoms with Gasteiger partial charge in [0, 0.05) is 18.7 Å². The number of halogens is 1. The van der Waals surface area contributed by atoms with E-state index < -0.39 is 0 Å². The number of hydrogen-bond acceptors (Lipinski definition) is 4. The van der Waals surface area contributed by atoms with E-state index in [1.54, 1.807) is 12.1 Å². The van der Waals surface area contributed by atoms with E-state index in [4.69, 9.17) is 21.1 Å². The molecule has 102 valence electrons. The highest BCUT2D eigenvalue weighted by Gasteiger charge is 2.21. The van der Waals surface area contributed by atoms with Crippen LogP contribution in [-0.4, -0.2) is 30.8 Å². The molecule has 3 rings (SSSR count). The second-order valence-electron chi connectivity index (χ2n) is 4.68. The average molecular weight is 283 g/mol. The number of hydrogen-bond donors (Lipinski definition) is 1. The molecule has 0 atom stereocenters. The lowest BCUT2D eigenvalue weighted by Gasteiger charge is -2.26. The highest BCUT2D eigenvalue weighted by Crippen LogP contribution is 2.39. The van der Waals surface area contributed by atoms with E-state index in [1.165, 1.54) is 6.42 Å². The van der Waals surface area contributed by atoms with Crippen LogP contribution in [0.5, 0.6) is 11.5 Å². The maximum atomic E-state index is 12.2. The molecule has 0 saturated carbocycles. The van der Waals surface area contributed by atoms with Crippen LogP contribution in [-0.2, 0) is 0 Å². The molecule has 2 aliphatic heterocycles. The van der Waals surface area contributed by atoms with E-state index in [0.717, 1.165) is 25.9 Å². The van der Waals surface area contributed by atoms with Crippen LogP contribution in [0.2, 0.25) is 5.02 Å². The molecule has 1 aromatic rings. The van der Waals surface area contributed by atoms with Crippen LogP contribution < -0.4 is 14.9 Å². The number of carbonyl (C=O) groups is 1. The third-order valence-corrected chi connectivity index (χ3v) is 3.59. The smallest absolute Gasteiger partial charge is 0.265 e. The number of hydrazine groups is 1. The molecule has 1 aromatic carbocycles. The molecule has 0 aromatic heterocycles. The van der Waals surface area contributed by atoms with Crippen molar-refractivity contribution in [1.82, 2.24) is 10.4 Å². The van der Waals surface area contributed by atoms with Crippen molar-refractivity contribution in [3.8, 4) is 11.5 Å². The first-order valence-electron chi connectivity index (χ1n) is 6.39. The molecule has 0 spiro atoms. The predicted molar refractivity (Wildman–Crippen MR) is 70.5 cm³/mol. The van der Waals surface area contributed by atoms with Crippen molar-refractivity contribution < 1.29 is 14.3 Å². The van der Waals surface area contributed by atoms with E-state index in [2.05, 4.69) is 5.43 Å². The number of benzene rings is 1. The van der Waals surface area contributed by atoms with Crippen molar-refractivity contribution in [2.75, 3.05) is 19.9 Å². The molecular weight excluding hydrogens is 268 g/mol. The van der Waals surface area contributed by atoms with Crippen LogP contribution in [0, 0.1) is 0 Å². The summed E-state index contributed by atoms with van der Waals surface area (Å²) in [6.45, 7) is 1.93. The summed E-state index contributed by atoms with van der Waals surface area (Å²) >= 11 is 6.06. The highest BCUT2D eigenvalue weighted by atomic mass is 35.5. The minimum absolute atomic E-state index is 0.145. The second kappa shape index (κ2) is 5.27. The van der Waals surface area contributed by atoms with Crippen LogP contribution in [0.25, 0.3) is 0 Å². The fourth-order valence-electron chi connectivity index (χ4n) is 2.31. The van der Waals surface area contributed by atoms with Crippen molar-refractivity contribution >= 4 is 17.5 Å². The van der Waals surface area contributed by atoms with Gasteiger partial charge in [-0.05, 0) is 25.0 Å². The van der Waals surface area contributed by atoms with Crippen LogP contribution in [0.15, 0.2) is 12.1 Å². The van der Waals surface area contributed by atoms with Gasteiger partial charge in [0.2, 0.25) is 6.79 Å². The molecule has 1 saturated heterocycles. The van der Waals surface area contributed by atoms with Gasteiger partial charge in [0.25, 0.3) is 5.91 Å². The van der Waals surface area contributed by atoms with E-state index >= 15 is 0 Å². The Labute approximate surface area is 116 Å². The fraction of sp³-hybridized carbons (Fsp3) is 0.462. The van der Waals surface area contributed by atoms with Gasteiger partial charge >= 0.3 is 0 Å². The molecule has 2 aliphatic rings. The van der Waals surface area contributed by atoms with Gasteiger partial charge in [-0.15, -0.1) is 0 Å². The first-order chi connectivity index (χ1) is 9.24. The monoisotopic (exact) mass is 282 g/mol. The van der Waals surface area contributed by atoms with Crippen molar-refractivity contribution in [3.05, 3.63) is 22.7 Å². The summed E-state index contributed by atoms with van der Waals surface area (Å²) in [5.74, 6) is 0.870. The number of fused-ring (bicyclic) bond motifs is 1. The van der Waals surface area contributed by atoms with Gasteiger partial charge in [0.05, 0.1) is 5.02 Å². The van der Waals surface area contributed by atoms with E-state index in [1.807, 2.05) is 5.01 Å². The van der Waals surface area contributed by atoms with Gasteiger partial charge in [-0.3, -0.25) is 10.2 Å². The molecule has 0 bridgehead atoms. The number of nitrogens with one attached hydrogen (secondary N) is 1. The van der Waals surface area contributed by atoms with Gasteiger partial charge < -0.3 is 9.47 Å². The lowest BCUT2D eigenvalue weighted by atomic mass is 10.1. The molecule has 0 unspecified atom stereocenters.